The molecular weight excluding hydrogens is 387 g/mol. The predicted molar refractivity (Wildman–Crippen MR) is 92.8 cm³/mol. The molecule has 2 heterocycles. The molecule has 2 aromatic carbocycles. The minimum Gasteiger partial charge on any atom is -0.490 e. The average molecular weight is 403 g/mol. The Morgan fingerprint density at radius 3 is 2.72 bits per heavy atom. The second-order valence-electron chi connectivity index (χ2n) is 5.62. The molecule has 0 N–H and O–H groups in total. The zero-order valence-corrected chi connectivity index (χ0v) is 16.7. The summed E-state index contributed by atoms with van der Waals surface area (Å²) in [5.74, 6) is 0.812. The van der Waals surface area contributed by atoms with E-state index in [-0.39, 0.29) is 32.7 Å². The number of hydrogen-bond donors (Lipinski definition) is 0. The van der Waals surface area contributed by atoms with Crippen molar-refractivity contribution in [2.24, 2.45) is 0 Å². The van der Waals surface area contributed by atoms with Crippen LogP contribution in [0.1, 0.15) is 11.1 Å². The minimum atomic E-state index is 0. The number of imidazole rings is 1. The zero-order valence-electron chi connectivity index (χ0n) is 13.9. The molecule has 2 aromatic heterocycles. The largest absolute Gasteiger partial charge is 0.490 e. The Balaban J connectivity index is 0.00000182. The summed E-state index contributed by atoms with van der Waals surface area (Å²) >= 11 is 0. The van der Waals surface area contributed by atoms with Crippen molar-refractivity contribution in [1.82, 2.24) is 14.6 Å². The van der Waals surface area contributed by atoms with Crippen LogP contribution in [-0.2, 0) is 39.3 Å². The number of benzene rings is 2. The molecule has 1 radical (unpaired) electrons. The molecule has 0 unspecified atom stereocenters. The van der Waals surface area contributed by atoms with E-state index in [9.17, 15) is 0 Å². The van der Waals surface area contributed by atoms with Crippen LogP contribution in [0.2, 0.25) is 0 Å². The number of hydrogen-bond acceptors (Lipinski definition) is 3. The Hall–Kier alpha value is -2.04. The summed E-state index contributed by atoms with van der Waals surface area (Å²) in [7, 11) is 0. The number of nitrogens with zero attached hydrogens (tertiary/aromatic N) is 3. The zero-order chi connectivity index (χ0) is 16.4. The molecule has 0 saturated carbocycles. The summed E-state index contributed by atoms with van der Waals surface area (Å²) in [6.07, 6.45) is 4.84. The fourth-order valence-electron chi connectivity index (χ4n) is 2.62. The molecule has 0 aliphatic heterocycles. The molecule has 4 aromatic rings. The summed E-state index contributed by atoms with van der Waals surface area (Å²) < 4.78 is 7.71. The van der Waals surface area contributed by atoms with Crippen LogP contribution >= 0.6 is 0 Å². The van der Waals surface area contributed by atoms with Crippen molar-refractivity contribution < 1.29 is 37.4 Å². The van der Waals surface area contributed by atoms with Crippen LogP contribution in [0.3, 0.4) is 0 Å². The van der Waals surface area contributed by atoms with E-state index < -0.39 is 0 Å². The van der Waals surface area contributed by atoms with Gasteiger partial charge in [-0.2, -0.15) is 5.10 Å². The first-order valence-corrected chi connectivity index (χ1v) is 7.80. The number of ether oxygens (including phenoxy) is 1. The van der Waals surface area contributed by atoms with Gasteiger partial charge < -0.3 is 9.72 Å². The molecule has 121 valence electrons. The number of fused-ring (bicyclic) bond motifs is 1. The molecule has 25 heavy (non-hydrogen) atoms. The van der Waals surface area contributed by atoms with Crippen LogP contribution in [0.25, 0.3) is 16.9 Å². The maximum absolute atomic E-state index is 5.90. The Kier molecular flexibility index (Phi) is 5.61. The van der Waals surface area contributed by atoms with E-state index in [1.807, 2.05) is 60.0 Å². The number of aromatic nitrogens is 3. The van der Waals surface area contributed by atoms with Crippen LogP contribution in [0.4, 0.5) is 0 Å². The van der Waals surface area contributed by atoms with E-state index in [2.05, 4.69) is 28.4 Å². The average Bonchev–Trinajstić information content (AvgIpc) is 3.07. The summed E-state index contributed by atoms with van der Waals surface area (Å²) in [6.45, 7) is 2.56. The molecule has 0 fully saturated rings. The van der Waals surface area contributed by atoms with E-state index in [0.717, 1.165) is 33.8 Å². The predicted octanol–water partition coefficient (Wildman–Crippen LogP) is 4.08. The van der Waals surface area contributed by atoms with Gasteiger partial charge >= 0.3 is 0 Å². The van der Waals surface area contributed by atoms with E-state index in [0.29, 0.717) is 6.61 Å². The SMILES string of the molecule is Cc1ccnn2c(-c3cccc(OCc4ccccc4)c3)[c-]nc12.[Y]. The van der Waals surface area contributed by atoms with Crippen molar-refractivity contribution in [3.05, 3.63) is 84.2 Å². The minimum absolute atomic E-state index is 0. The fourth-order valence-corrected chi connectivity index (χ4v) is 2.62. The molecule has 0 aliphatic rings. The van der Waals surface area contributed by atoms with Gasteiger partial charge in [-0.25, -0.2) is 0 Å². The van der Waals surface area contributed by atoms with Crippen molar-refractivity contribution in [2.75, 3.05) is 0 Å². The van der Waals surface area contributed by atoms with Gasteiger partial charge in [0, 0.05) is 38.9 Å². The monoisotopic (exact) mass is 403 g/mol. The Bertz CT molecular complexity index is 983. The summed E-state index contributed by atoms with van der Waals surface area (Å²) in [4.78, 5) is 4.35. The van der Waals surface area contributed by atoms with E-state index in [4.69, 9.17) is 4.74 Å². The smallest absolute Gasteiger partial charge is 0.113 e. The van der Waals surface area contributed by atoms with Crippen molar-refractivity contribution in [1.29, 1.82) is 0 Å². The van der Waals surface area contributed by atoms with Gasteiger partial charge in [-0.05, 0) is 30.3 Å². The van der Waals surface area contributed by atoms with E-state index >= 15 is 0 Å². The van der Waals surface area contributed by atoms with Crippen LogP contribution in [0.5, 0.6) is 5.75 Å². The molecular formula is C20H16N3OY-. The third-order valence-corrected chi connectivity index (χ3v) is 3.90. The van der Waals surface area contributed by atoms with Crippen molar-refractivity contribution >= 4 is 5.65 Å². The standard InChI is InChI=1S/C20H16N3O.Y/c1-15-10-11-22-23-19(13-21-20(15)23)17-8-5-9-18(12-17)24-14-16-6-3-2-4-7-16;/h2-12H,14H2,1H3;/q-1;. The first-order chi connectivity index (χ1) is 11.8. The van der Waals surface area contributed by atoms with Crippen molar-refractivity contribution in [3.8, 4) is 17.0 Å². The second-order valence-corrected chi connectivity index (χ2v) is 5.62. The molecule has 0 aliphatic carbocycles. The molecule has 4 rings (SSSR count). The second kappa shape index (κ2) is 7.90. The third kappa shape index (κ3) is 3.81. The normalized spacial score (nSPS) is 10.4. The fraction of sp³-hybridized carbons (Fsp3) is 0.100. The first-order valence-electron chi connectivity index (χ1n) is 7.80. The molecule has 5 heteroatoms. The Morgan fingerprint density at radius 1 is 1.04 bits per heavy atom. The molecule has 4 nitrogen and oxygen atoms in total. The quantitative estimate of drug-likeness (QED) is 0.482. The van der Waals surface area contributed by atoms with E-state index in [1.165, 1.54) is 0 Å². The topological polar surface area (TPSA) is 39.4 Å². The number of aryl methyl sites for hydroxylation is 1. The van der Waals surface area contributed by atoms with Crippen molar-refractivity contribution in [2.45, 2.75) is 13.5 Å². The van der Waals surface area contributed by atoms with E-state index in [1.54, 1.807) is 6.20 Å². The molecule has 0 bridgehead atoms. The molecule has 0 amide bonds. The van der Waals surface area contributed by atoms with Crippen LogP contribution in [-0.4, -0.2) is 14.6 Å². The van der Waals surface area contributed by atoms with Crippen molar-refractivity contribution in [3.63, 3.8) is 0 Å². The van der Waals surface area contributed by atoms with Crippen LogP contribution in [0.15, 0.2) is 66.9 Å². The third-order valence-electron chi connectivity index (χ3n) is 3.90. The summed E-state index contributed by atoms with van der Waals surface area (Å²) in [5, 5.41) is 4.38. The summed E-state index contributed by atoms with van der Waals surface area (Å²) in [5.41, 5.74) is 4.85. The maximum atomic E-state index is 5.90. The van der Waals surface area contributed by atoms with Gasteiger partial charge in [0.05, 0.1) is 5.65 Å². The molecule has 0 spiro atoms. The van der Waals surface area contributed by atoms with Crippen LogP contribution < -0.4 is 4.74 Å². The van der Waals surface area contributed by atoms with Crippen LogP contribution in [0, 0.1) is 13.1 Å². The van der Waals surface area contributed by atoms with Gasteiger partial charge in [0.1, 0.15) is 12.4 Å². The molecule has 0 atom stereocenters. The van der Waals surface area contributed by atoms with Gasteiger partial charge in [0.15, 0.2) is 0 Å². The summed E-state index contributed by atoms with van der Waals surface area (Å²) in [6, 6.07) is 20.0. The van der Waals surface area contributed by atoms with Gasteiger partial charge in [-0.15, -0.1) is 6.07 Å². The van der Waals surface area contributed by atoms with Gasteiger partial charge in [-0.1, -0.05) is 59.8 Å². The van der Waals surface area contributed by atoms with Gasteiger partial charge in [-0.3, -0.25) is 4.52 Å². The van der Waals surface area contributed by atoms with Gasteiger partial charge in [0.25, 0.3) is 0 Å². The van der Waals surface area contributed by atoms with Gasteiger partial charge in [0.2, 0.25) is 0 Å². The molecule has 0 saturated heterocycles. The Labute approximate surface area is 171 Å². The maximum Gasteiger partial charge on any atom is 0.113 e. The first kappa shape index (κ1) is 17.8. The number of rotatable bonds is 4. The Morgan fingerprint density at radius 2 is 1.88 bits per heavy atom.